The molecule has 3 N–H and O–H groups in total. The number of hydrogen-bond acceptors (Lipinski definition) is 3. The highest BCUT2D eigenvalue weighted by molar-refractivity contribution is 5.78. The molecule has 0 radical (unpaired) electrons. The lowest BCUT2D eigenvalue weighted by Crippen LogP contribution is -2.43. The highest BCUT2D eigenvalue weighted by Crippen LogP contribution is 2.14. The Balaban J connectivity index is 2.39. The molecule has 0 bridgehead atoms. The van der Waals surface area contributed by atoms with Crippen molar-refractivity contribution >= 4 is 5.91 Å². The molecule has 4 heteroatoms. The summed E-state index contributed by atoms with van der Waals surface area (Å²) in [5.41, 5.74) is 2.19. The Morgan fingerprint density at radius 1 is 1.73 bits per heavy atom. The molecule has 1 atom stereocenters. The van der Waals surface area contributed by atoms with Crippen LogP contribution in [0.2, 0.25) is 0 Å². The van der Waals surface area contributed by atoms with Gasteiger partial charge in [-0.05, 0) is 26.4 Å². The smallest absolute Gasteiger partial charge is 0.238 e. The maximum absolute atomic E-state index is 11.0. The first kappa shape index (κ1) is 8.49. The second-order valence-corrected chi connectivity index (χ2v) is 3.11. The molecule has 4 nitrogen and oxygen atoms in total. The molecule has 0 aromatic heterocycles. The van der Waals surface area contributed by atoms with Crippen molar-refractivity contribution in [2.75, 3.05) is 20.1 Å². The summed E-state index contributed by atoms with van der Waals surface area (Å²) >= 11 is 0. The first-order valence-electron chi connectivity index (χ1n) is 3.93. The summed E-state index contributed by atoms with van der Waals surface area (Å²) in [6, 6.07) is 0. The zero-order valence-corrected chi connectivity index (χ0v) is 6.84. The number of hydrazine groups is 1. The summed E-state index contributed by atoms with van der Waals surface area (Å²) in [7, 11) is 2.02. The van der Waals surface area contributed by atoms with E-state index >= 15 is 0 Å². The highest BCUT2D eigenvalue weighted by Gasteiger charge is 2.22. The van der Waals surface area contributed by atoms with E-state index in [4.69, 9.17) is 5.84 Å². The van der Waals surface area contributed by atoms with E-state index < -0.39 is 0 Å². The topological polar surface area (TPSA) is 58.4 Å². The van der Waals surface area contributed by atoms with Crippen LogP contribution in [0.25, 0.3) is 0 Å². The van der Waals surface area contributed by atoms with E-state index in [0.717, 1.165) is 25.9 Å². The molecule has 1 amide bonds. The van der Waals surface area contributed by atoms with Crippen molar-refractivity contribution in [3.63, 3.8) is 0 Å². The molecule has 0 spiro atoms. The van der Waals surface area contributed by atoms with Crippen LogP contribution in [-0.2, 0) is 4.79 Å². The van der Waals surface area contributed by atoms with Crippen molar-refractivity contribution in [2.45, 2.75) is 12.8 Å². The van der Waals surface area contributed by atoms with Crippen molar-refractivity contribution in [3.8, 4) is 0 Å². The maximum atomic E-state index is 11.0. The molecule has 1 fully saturated rings. The molecule has 1 heterocycles. The van der Waals surface area contributed by atoms with E-state index in [-0.39, 0.29) is 11.8 Å². The minimum Gasteiger partial charge on any atom is -0.306 e. The molecule has 0 unspecified atom stereocenters. The van der Waals surface area contributed by atoms with E-state index in [1.54, 1.807) is 0 Å². The van der Waals surface area contributed by atoms with E-state index in [0.29, 0.717) is 0 Å². The highest BCUT2D eigenvalue weighted by atomic mass is 16.2. The van der Waals surface area contributed by atoms with Crippen LogP contribution in [0.3, 0.4) is 0 Å². The van der Waals surface area contributed by atoms with Gasteiger partial charge in [0.05, 0.1) is 5.92 Å². The summed E-state index contributed by atoms with van der Waals surface area (Å²) in [5.74, 6) is 5.10. The van der Waals surface area contributed by atoms with Gasteiger partial charge in [-0.15, -0.1) is 0 Å². The van der Waals surface area contributed by atoms with Gasteiger partial charge in [-0.1, -0.05) is 0 Å². The van der Waals surface area contributed by atoms with Gasteiger partial charge in [0, 0.05) is 6.54 Å². The number of amides is 1. The fourth-order valence-corrected chi connectivity index (χ4v) is 1.50. The number of carbonyl (C=O) groups excluding carboxylic acids is 1. The minimum absolute atomic E-state index is 0.0310. The molecule has 1 aliphatic heterocycles. The van der Waals surface area contributed by atoms with Gasteiger partial charge < -0.3 is 4.90 Å². The van der Waals surface area contributed by atoms with Crippen LogP contribution in [0.1, 0.15) is 12.8 Å². The summed E-state index contributed by atoms with van der Waals surface area (Å²) in [5, 5.41) is 0. The van der Waals surface area contributed by atoms with Gasteiger partial charge in [0.15, 0.2) is 0 Å². The third-order valence-corrected chi connectivity index (χ3v) is 2.14. The molecule has 1 aliphatic rings. The normalized spacial score (nSPS) is 26.5. The van der Waals surface area contributed by atoms with Gasteiger partial charge in [0.1, 0.15) is 0 Å². The Morgan fingerprint density at radius 2 is 2.45 bits per heavy atom. The fourth-order valence-electron chi connectivity index (χ4n) is 1.50. The van der Waals surface area contributed by atoms with Crippen LogP contribution >= 0.6 is 0 Å². The van der Waals surface area contributed by atoms with Crippen LogP contribution in [0.15, 0.2) is 0 Å². The Labute approximate surface area is 66.7 Å². The van der Waals surface area contributed by atoms with Crippen LogP contribution in [0.4, 0.5) is 0 Å². The molecule has 1 saturated heterocycles. The second-order valence-electron chi connectivity index (χ2n) is 3.11. The molecule has 1 rings (SSSR count). The lowest BCUT2D eigenvalue weighted by molar-refractivity contribution is -0.126. The average Bonchev–Trinajstić information content (AvgIpc) is 2.03. The van der Waals surface area contributed by atoms with E-state index in [1.807, 2.05) is 7.05 Å². The van der Waals surface area contributed by atoms with Crippen molar-refractivity contribution in [1.29, 1.82) is 0 Å². The standard InChI is InChI=1S/C7H15N3O/c1-10-4-2-3-6(5-10)7(11)9-8/h6H,2-5,8H2,1H3,(H,9,11)/t6-/m0/s1. The Bertz CT molecular complexity index is 149. The summed E-state index contributed by atoms with van der Waals surface area (Å²) in [4.78, 5) is 13.2. The monoisotopic (exact) mass is 157 g/mol. The van der Waals surface area contributed by atoms with E-state index in [9.17, 15) is 4.79 Å². The molecule has 0 aromatic carbocycles. The summed E-state index contributed by atoms with van der Waals surface area (Å²) in [6.07, 6.45) is 2.06. The predicted molar refractivity (Wildman–Crippen MR) is 42.6 cm³/mol. The number of nitrogens with zero attached hydrogens (tertiary/aromatic N) is 1. The number of hydrogen-bond donors (Lipinski definition) is 2. The molecule has 64 valence electrons. The second kappa shape index (κ2) is 3.69. The number of rotatable bonds is 1. The number of piperidine rings is 1. The molecule has 0 aliphatic carbocycles. The zero-order valence-electron chi connectivity index (χ0n) is 6.84. The van der Waals surface area contributed by atoms with Gasteiger partial charge in [0.2, 0.25) is 5.91 Å². The van der Waals surface area contributed by atoms with E-state index in [2.05, 4.69) is 10.3 Å². The van der Waals surface area contributed by atoms with Gasteiger partial charge in [-0.25, -0.2) is 5.84 Å². The summed E-state index contributed by atoms with van der Waals surface area (Å²) in [6.45, 7) is 1.93. The molecular weight excluding hydrogens is 142 g/mol. The zero-order chi connectivity index (χ0) is 8.27. The van der Waals surface area contributed by atoms with Crippen molar-refractivity contribution in [1.82, 2.24) is 10.3 Å². The number of nitrogens with two attached hydrogens (primary N) is 1. The van der Waals surface area contributed by atoms with Crippen LogP contribution in [0.5, 0.6) is 0 Å². The molecule has 0 aromatic rings. The van der Waals surface area contributed by atoms with E-state index in [1.165, 1.54) is 0 Å². The van der Waals surface area contributed by atoms with Crippen LogP contribution in [-0.4, -0.2) is 30.9 Å². The maximum Gasteiger partial charge on any atom is 0.238 e. The number of likely N-dealkylation sites (tertiary alicyclic amines) is 1. The summed E-state index contributed by atoms with van der Waals surface area (Å²) < 4.78 is 0. The Kier molecular flexibility index (Phi) is 2.84. The fraction of sp³-hybridized carbons (Fsp3) is 0.857. The lowest BCUT2D eigenvalue weighted by Gasteiger charge is -2.28. The van der Waals surface area contributed by atoms with Gasteiger partial charge in [-0.2, -0.15) is 0 Å². The number of carbonyl (C=O) groups is 1. The van der Waals surface area contributed by atoms with Crippen LogP contribution in [0, 0.1) is 5.92 Å². The molecule has 11 heavy (non-hydrogen) atoms. The predicted octanol–water partition coefficient (Wildman–Crippen LogP) is -0.682. The van der Waals surface area contributed by atoms with Crippen molar-refractivity contribution < 1.29 is 4.79 Å². The van der Waals surface area contributed by atoms with Crippen LogP contribution < -0.4 is 11.3 Å². The van der Waals surface area contributed by atoms with Crippen molar-refractivity contribution in [2.24, 2.45) is 11.8 Å². The first-order chi connectivity index (χ1) is 5.24. The quantitative estimate of drug-likeness (QED) is 0.301. The van der Waals surface area contributed by atoms with Gasteiger partial charge >= 0.3 is 0 Å². The lowest BCUT2D eigenvalue weighted by atomic mass is 9.98. The molecule has 0 saturated carbocycles. The first-order valence-corrected chi connectivity index (χ1v) is 3.93. The Hall–Kier alpha value is -0.610. The third-order valence-electron chi connectivity index (χ3n) is 2.14. The van der Waals surface area contributed by atoms with Gasteiger partial charge in [-0.3, -0.25) is 10.2 Å². The number of nitrogens with one attached hydrogen (secondary N) is 1. The van der Waals surface area contributed by atoms with Crippen molar-refractivity contribution in [3.05, 3.63) is 0 Å². The average molecular weight is 157 g/mol. The largest absolute Gasteiger partial charge is 0.306 e. The Morgan fingerprint density at radius 3 is 3.00 bits per heavy atom. The van der Waals surface area contributed by atoms with Gasteiger partial charge in [0.25, 0.3) is 0 Å². The molecular formula is C7H15N3O. The third kappa shape index (κ3) is 2.17. The SMILES string of the molecule is CN1CCC[C@H](C(=O)NN)C1. The minimum atomic E-state index is -0.0310.